The Balaban J connectivity index is 1.93. The van der Waals surface area contributed by atoms with E-state index in [1.807, 2.05) is 11.8 Å². The van der Waals surface area contributed by atoms with Crippen molar-refractivity contribution in [1.82, 2.24) is 5.32 Å². The number of hydrogen-bond donors (Lipinski definition) is 2. The van der Waals surface area contributed by atoms with E-state index in [2.05, 4.69) is 33.4 Å². The summed E-state index contributed by atoms with van der Waals surface area (Å²) in [6, 6.07) is 4.22. The molecular formula is C10H16BrNOS2. The highest BCUT2D eigenvalue weighted by atomic mass is 79.9. The third-order valence-electron chi connectivity index (χ3n) is 1.80. The Labute approximate surface area is 108 Å². The second-order valence-corrected chi connectivity index (χ2v) is 6.84. The third-order valence-corrected chi connectivity index (χ3v) is 4.49. The number of aliphatic hydroxyl groups excluding tert-OH is 1. The summed E-state index contributed by atoms with van der Waals surface area (Å²) in [4.78, 5) is 1.36. The van der Waals surface area contributed by atoms with Gasteiger partial charge < -0.3 is 10.4 Å². The van der Waals surface area contributed by atoms with E-state index in [9.17, 15) is 0 Å². The molecule has 0 saturated carbocycles. The average Bonchev–Trinajstić information content (AvgIpc) is 2.63. The number of thiophene rings is 1. The molecule has 0 bridgehead atoms. The lowest BCUT2D eigenvalue weighted by Crippen LogP contribution is -2.15. The van der Waals surface area contributed by atoms with Crippen LogP contribution in [0.4, 0.5) is 0 Å². The van der Waals surface area contributed by atoms with Crippen molar-refractivity contribution in [2.45, 2.75) is 13.0 Å². The van der Waals surface area contributed by atoms with E-state index in [0.29, 0.717) is 6.61 Å². The normalized spacial score (nSPS) is 10.8. The van der Waals surface area contributed by atoms with Crippen molar-refractivity contribution in [1.29, 1.82) is 0 Å². The fourth-order valence-corrected chi connectivity index (χ4v) is 3.35. The van der Waals surface area contributed by atoms with Crippen LogP contribution in [0.3, 0.4) is 0 Å². The van der Waals surface area contributed by atoms with Crippen LogP contribution in [0.25, 0.3) is 0 Å². The average molecular weight is 310 g/mol. The number of thioether (sulfide) groups is 1. The van der Waals surface area contributed by atoms with E-state index in [1.54, 1.807) is 11.3 Å². The fraction of sp³-hybridized carbons (Fsp3) is 0.600. The first kappa shape index (κ1) is 13.5. The highest BCUT2D eigenvalue weighted by molar-refractivity contribution is 9.11. The lowest BCUT2D eigenvalue weighted by Gasteiger charge is -2.02. The summed E-state index contributed by atoms with van der Waals surface area (Å²) >= 11 is 7.11. The second kappa shape index (κ2) is 8.58. The van der Waals surface area contributed by atoms with Gasteiger partial charge in [-0.2, -0.15) is 11.8 Å². The van der Waals surface area contributed by atoms with Crippen LogP contribution in [0.15, 0.2) is 15.9 Å². The molecule has 0 spiro atoms. The lowest BCUT2D eigenvalue weighted by atomic mass is 10.4. The van der Waals surface area contributed by atoms with Gasteiger partial charge in [0.25, 0.3) is 0 Å². The molecule has 0 unspecified atom stereocenters. The Morgan fingerprint density at radius 2 is 2.27 bits per heavy atom. The number of hydrogen-bond acceptors (Lipinski definition) is 4. The summed E-state index contributed by atoms with van der Waals surface area (Å²) in [5.74, 6) is 2.18. The van der Waals surface area contributed by atoms with Gasteiger partial charge in [0, 0.05) is 30.3 Å². The summed E-state index contributed by atoms with van der Waals surface area (Å²) in [5, 5.41) is 12.0. The fourth-order valence-electron chi connectivity index (χ4n) is 1.07. The highest BCUT2D eigenvalue weighted by Crippen LogP contribution is 2.21. The lowest BCUT2D eigenvalue weighted by molar-refractivity contribution is 0.296. The quantitative estimate of drug-likeness (QED) is 0.724. The zero-order valence-electron chi connectivity index (χ0n) is 8.54. The molecule has 1 aromatic rings. The molecule has 5 heteroatoms. The van der Waals surface area contributed by atoms with Crippen LogP contribution in [0.2, 0.25) is 0 Å². The topological polar surface area (TPSA) is 32.3 Å². The monoisotopic (exact) mass is 309 g/mol. The molecule has 1 rings (SSSR count). The molecular weight excluding hydrogens is 294 g/mol. The Hall–Kier alpha value is 0.450. The van der Waals surface area contributed by atoms with E-state index in [4.69, 9.17) is 5.11 Å². The molecule has 0 aromatic carbocycles. The van der Waals surface area contributed by atoms with Crippen LogP contribution >= 0.6 is 39.0 Å². The predicted octanol–water partition coefficient (Wildman–Crippen LogP) is 2.72. The van der Waals surface area contributed by atoms with Crippen LogP contribution in [0.5, 0.6) is 0 Å². The van der Waals surface area contributed by atoms with Gasteiger partial charge in [0.15, 0.2) is 0 Å². The van der Waals surface area contributed by atoms with E-state index in [-0.39, 0.29) is 0 Å². The van der Waals surface area contributed by atoms with Gasteiger partial charge >= 0.3 is 0 Å². The van der Waals surface area contributed by atoms with Crippen molar-refractivity contribution in [2.24, 2.45) is 0 Å². The summed E-state index contributed by atoms with van der Waals surface area (Å²) in [6.07, 6.45) is 0.905. The molecule has 0 fully saturated rings. The second-order valence-electron chi connectivity index (χ2n) is 3.07. The van der Waals surface area contributed by atoms with Crippen LogP contribution in [-0.4, -0.2) is 29.8 Å². The highest BCUT2D eigenvalue weighted by Gasteiger charge is 1.96. The number of halogens is 1. The maximum Gasteiger partial charge on any atom is 0.0701 e. The van der Waals surface area contributed by atoms with E-state index in [0.717, 1.165) is 31.0 Å². The van der Waals surface area contributed by atoms with Crippen LogP contribution < -0.4 is 5.32 Å². The SMILES string of the molecule is OCCCSCCNCc1ccc(Br)s1. The zero-order chi connectivity index (χ0) is 10.9. The molecule has 2 nitrogen and oxygen atoms in total. The first-order chi connectivity index (χ1) is 7.33. The van der Waals surface area contributed by atoms with E-state index >= 15 is 0 Å². The van der Waals surface area contributed by atoms with E-state index < -0.39 is 0 Å². The minimum Gasteiger partial charge on any atom is -0.396 e. The van der Waals surface area contributed by atoms with Crippen molar-refractivity contribution >= 4 is 39.0 Å². The van der Waals surface area contributed by atoms with Gasteiger partial charge in [-0.3, -0.25) is 0 Å². The van der Waals surface area contributed by atoms with Crippen molar-refractivity contribution < 1.29 is 5.11 Å². The third kappa shape index (κ3) is 6.58. The predicted molar refractivity (Wildman–Crippen MR) is 72.8 cm³/mol. The Morgan fingerprint density at radius 1 is 1.40 bits per heavy atom. The molecule has 0 aliphatic rings. The van der Waals surface area contributed by atoms with Gasteiger partial charge in [0.2, 0.25) is 0 Å². The van der Waals surface area contributed by atoms with Crippen molar-refractivity contribution in [2.75, 3.05) is 24.7 Å². The van der Waals surface area contributed by atoms with Crippen LogP contribution in [0.1, 0.15) is 11.3 Å². The molecule has 15 heavy (non-hydrogen) atoms. The maximum absolute atomic E-state index is 8.59. The molecule has 0 saturated heterocycles. The van der Waals surface area contributed by atoms with Gasteiger partial charge in [-0.15, -0.1) is 11.3 Å². The van der Waals surface area contributed by atoms with Gasteiger partial charge in [-0.05, 0) is 40.2 Å². The Morgan fingerprint density at radius 3 is 2.93 bits per heavy atom. The molecule has 1 heterocycles. The molecule has 2 N–H and O–H groups in total. The molecule has 0 amide bonds. The Bertz CT molecular complexity index is 268. The molecule has 0 aliphatic carbocycles. The van der Waals surface area contributed by atoms with E-state index in [1.165, 1.54) is 8.66 Å². The van der Waals surface area contributed by atoms with Crippen molar-refractivity contribution in [3.05, 3.63) is 20.8 Å². The van der Waals surface area contributed by atoms with Gasteiger partial charge in [-0.1, -0.05) is 0 Å². The Kier molecular flexibility index (Phi) is 7.73. The first-order valence-electron chi connectivity index (χ1n) is 4.96. The summed E-state index contributed by atoms with van der Waals surface area (Å²) in [6.45, 7) is 2.30. The van der Waals surface area contributed by atoms with Gasteiger partial charge in [-0.25, -0.2) is 0 Å². The summed E-state index contributed by atoms with van der Waals surface area (Å²) < 4.78 is 1.19. The molecule has 0 radical (unpaired) electrons. The summed E-state index contributed by atoms with van der Waals surface area (Å²) in [7, 11) is 0. The number of rotatable bonds is 8. The first-order valence-corrected chi connectivity index (χ1v) is 7.73. The van der Waals surface area contributed by atoms with Crippen LogP contribution in [0, 0.1) is 0 Å². The maximum atomic E-state index is 8.59. The molecule has 86 valence electrons. The largest absolute Gasteiger partial charge is 0.396 e. The standard InChI is InChI=1S/C10H16BrNOS2/c11-10-3-2-9(15-10)8-12-4-7-14-6-1-5-13/h2-3,12-13H,1,4-8H2. The van der Waals surface area contributed by atoms with Crippen LogP contribution in [-0.2, 0) is 6.54 Å². The molecule has 1 aromatic heterocycles. The van der Waals surface area contributed by atoms with Gasteiger partial charge in [0.1, 0.15) is 0 Å². The minimum atomic E-state index is 0.309. The zero-order valence-corrected chi connectivity index (χ0v) is 11.8. The minimum absolute atomic E-state index is 0.309. The number of nitrogens with one attached hydrogen (secondary N) is 1. The van der Waals surface area contributed by atoms with Crippen molar-refractivity contribution in [3.63, 3.8) is 0 Å². The number of aliphatic hydroxyl groups is 1. The molecule has 0 aliphatic heterocycles. The molecule has 0 atom stereocenters. The van der Waals surface area contributed by atoms with Crippen molar-refractivity contribution in [3.8, 4) is 0 Å². The summed E-state index contributed by atoms with van der Waals surface area (Å²) in [5.41, 5.74) is 0. The smallest absolute Gasteiger partial charge is 0.0701 e. The van der Waals surface area contributed by atoms with Gasteiger partial charge in [0.05, 0.1) is 3.79 Å².